The summed E-state index contributed by atoms with van der Waals surface area (Å²) in [7, 11) is 1.21. The Bertz CT molecular complexity index is 233. The van der Waals surface area contributed by atoms with E-state index in [1.807, 2.05) is 0 Å². The third-order valence-electron chi connectivity index (χ3n) is 2.26. The average molecular weight is 239 g/mol. The number of nitrogens with zero attached hydrogens (tertiary/aromatic N) is 1. The van der Waals surface area contributed by atoms with Gasteiger partial charge in [0.1, 0.15) is 18.3 Å². The zero-order valence-corrected chi connectivity index (χ0v) is 8.42. The van der Waals surface area contributed by atoms with E-state index in [9.17, 15) is 20.3 Å². The molecule has 0 aliphatic carbocycles. The van der Waals surface area contributed by atoms with Crippen LogP contribution in [0.25, 0.3) is 0 Å². The lowest BCUT2D eigenvalue weighted by Gasteiger charge is -2.39. The van der Waals surface area contributed by atoms with E-state index >= 15 is 0 Å². The molecule has 9 nitrogen and oxygen atoms in total. The Morgan fingerprint density at radius 3 is 2.50 bits per heavy atom. The first kappa shape index (κ1) is 13.1. The van der Waals surface area contributed by atoms with Crippen molar-refractivity contribution in [3.05, 3.63) is 10.1 Å². The van der Waals surface area contributed by atoms with E-state index in [1.165, 1.54) is 7.11 Å². The Balaban J connectivity index is 2.79. The molecule has 1 aliphatic rings. The predicted molar refractivity (Wildman–Crippen MR) is 46.6 cm³/mol. The molecule has 1 aliphatic heterocycles. The summed E-state index contributed by atoms with van der Waals surface area (Å²) in [5.41, 5.74) is 0. The monoisotopic (exact) mass is 239 g/mol. The summed E-state index contributed by atoms with van der Waals surface area (Å²) in [6, 6.07) is 0. The molecule has 1 rings (SSSR count). The van der Waals surface area contributed by atoms with Crippen LogP contribution in [0.5, 0.6) is 0 Å². The van der Waals surface area contributed by atoms with Crippen LogP contribution in [0.3, 0.4) is 0 Å². The molecule has 0 spiro atoms. The third-order valence-corrected chi connectivity index (χ3v) is 2.26. The molecule has 1 heterocycles. The summed E-state index contributed by atoms with van der Waals surface area (Å²) in [5.74, 6) is 0. The second-order valence-corrected chi connectivity index (χ2v) is 3.24. The van der Waals surface area contributed by atoms with Crippen molar-refractivity contribution in [2.45, 2.75) is 30.7 Å². The van der Waals surface area contributed by atoms with Gasteiger partial charge in [-0.15, -0.1) is 10.1 Å². The molecule has 1 saturated heterocycles. The fourth-order valence-corrected chi connectivity index (χ4v) is 1.47. The second kappa shape index (κ2) is 5.37. The molecule has 5 atom stereocenters. The van der Waals surface area contributed by atoms with Crippen LogP contribution >= 0.6 is 0 Å². The van der Waals surface area contributed by atoms with E-state index in [-0.39, 0.29) is 0 Å². The van der Waals surface area contributed by atoms with Gasteiger partial charge in [-0.25, -0.2) is 0 Å². The quantitative estimate of drug-likeness (QED) is 0.367. The first-order valence-electron chi connectivity index (χ1n) is 4.47. The first-order chi connectivity index (χ1) is 7.51. The van der Waals surface area contributed by atoms with Crippen molar-refractivity contribution in [3.8, 4) is 0 Å². The molecule has 0 saturated carbocycles. The van der Waals surface area contributed by atoms with E-state index in [1.54, 1.807) is 0 Å². The predicted octanol–water partition coefficient (Wildman–Crippen LogP) is -2.35. The lowest BCUT2D eigenvalue weighted by molar-refractivity contribution is -0.775. The highest BCUT2D eigenvalue weighted by Gasteiger charge is 2.46. The second-order valence-electron chi connectivity index (χ2n) is 3.24. The van der Waals surface area contributed by atoms with Crippen molar-refractivity contribution < 1.29 is 34.7 Å². The molecule has 0 unspecified atom stereocenters. The summed E-state index contributed by atoms with van der Waals surface area (Å²) >= 11 is 0. The summed E-state index contributed by atoms with van der Waals surface area (Å²) in [6.07, 6.45) is -6.88. The van der Waals surface area contributed by atoms with Gasteiger partial charge in [-0.1, -0.05) is 0 Å². The Labute approximate surface area is 90.3 Å². The van der Waals surface area contributed by atoms with Crippen LogP contribution in [0, 0.1) is 10.1 Å². The molecular formula is C7H13NO8. The van der Waals surface area contributed by atoms with Crippen molar-refractivity contribution in [3.63, 3.8) is 0 Å². The number of aliphatic hydroxyl groups is 3. The minimum atomic E-state index is -1.52. The van der Waals surface area contributed by atoms with Crippen LogP contribution in [0.2, 0.25) is 0 Å². The van der Waals surface area contributed by atoms with Gasteiger partial charge in [0.05, 0.1) is 6.61 Å². The summed E-state index contributed by atoms with van der Waals surface area (Å²) in [4.78, 5) is 14.3. The molecule has 16 heavy (non-hydrogen) atoms. The maximum atomic E-state index is 10.2. The van der Waals surface area contributed by atoms with E-state index in [0.717, 1.165) is 0 Å². The van der Waals surface area contributed by atoms with Crippen molar-refractivity contribution >= 4 is 0 Å². The normalized spacial score (nSPS) is 39.4. The molecule has 3 N–H and O–H groups in total. The van der Waals surface area contributed by atoms with Gasteiger partial charge in [0.25, 0.3) is 5.09 Å². The number of methoxy groups -OCH3 is 1. The fourth-order valence-electron chi connectivity index (χ4n) is 1.47. The highest BCUT2D eigenvalue weighted by molar-refractivity contribution is 4.89. The van der Waals surface area contributed by atoms with Crippen LogP contribution in [0.15, 0.2) is 0 Å². The average Bonchev–Trinajstić information content (AvgIpc) is 2.24. The lowest BCUT2D eigenvalue weighted by Crippen LogP contribution is -2.60. The fraction of sp³-hybridized carbons (Fsp3) is 1.00. The molecular weight excluding hydrogens is 226 g/mol. The highest BCUT2D eigenvalue weighted by atomic mass is 17.0. The topological polar surface area (TPSA) is 132 Å². The van der Waals surface area contributed by atoms with Gasteiger partial charge in [0, 0.05) is 7.11 Å². The third kappa shape index (κ3) is 2.57. The van der Waals surface area contributed by atoms with Crippen molar-refractivity contribution in [1.82, 2.24) is 0 Å². The Hall–Kier alpha value is -1.00. The minimum Gasteiger partial charge on any atom is -0.394 e. The van der Waals surface area contributed by atoms with Crippen LogP contribution < -0.4 is 0 Å². The van der Waals surface area contributed by atoms with E-state index in [0.29, 0.717) is 0 Å². The molecule has 0 bridgehead atoms. The van der Waals surface area contributed by atoms with Crippen molar-refractivity contribution in [1.29, 1.82) is 0 Å². The van der Waals surface area contributed by atoms with Crippen LogP contribution in [-0.2, 0) is 14.3 Å². The van der Waals surface area contributed by atoms with Gasteiger partial charge in [-0.3, -0.25) is 0 Å². The number of hydrogen-bond donors (Lipinski definition) is 3. The first-order valence-corrected chi connectivity index (χ1v) is 4.47. The molecule has 0 aromatic carbocycles. The largest absolute Gasteiger partial charge is 0.394 e. The van der Waals surface area contributed by atoms with Gasteiger partial charge >= 0.3 is 0 Å². The molecule has 1 fully saturated rings. The van der Waals surface area contributed by atoms with Gasteiger partial charge < -0.3 is 29.6 Å². The Morgan fingerprint density at radius 2 is 2.06 bits per heavy atom. The minimum absolute atomic E-state index is 0.578. The maximum absolute atomic E-state index is 10.2. The van der Waals surface area contributed by atoms with Gasteiger partial charge in [-0.05, 0) is 0 Å². The Morgan fingerprint density at radius 1 is 1.44 bits per heavy atom. The lowest BCUT2D eigenvalue weighted by atomic mass is 9.99. The van der Waals surface area contributed by atoms with E-state index in [2.05, 4.69) is 4.84 Å². The zero-order chi connectivity index (χ0) is 12.3. The molecule has 94 valence electrons. The summed E-state index contributed by atoms with van der Waals surface area (Å²) < 4.78 is 9.64. The smallest absolute Gasteiger partial charge is 0.294 e. The van der Waals surface area contributed by atoms with Gasteiger partial charge in [-0.2, -0.15) is 0 Å². The number of hydrogen-bond acceptors (Lipinski definition) is 8. The van der Waals surface area contributed by atoms with E-state index < -0.39 is 42.4 Å². The van der Waals surface area contributed by atoms with E-state index in [4.69, 9.17) is 14.6 Å². The number of aliphatic hydroxyl groups excluding tert-OH is 3. The standard InChI is InChI=1S/C7H13NO8/c1-14-7-5(11)6(16-8(12)13)4(10)3(2-9)15-7/h3-7,9-11H,2H2,1H3/t3-,4-,5-,6+,7+/m1/s1. The molecule has 0 radical (unpaired) electrons. The van der Waals surface area contributed by atoms with Crippen LogP contribution in [0.4, 0.5) is 0 Å². The zero-order valence-electron chi connectivity index (χ0n) is 8.42. The van der Waals surface area contributed by atoms with Crippen molar-refractivity contribution in [2.75, 3.05) is 13.7 Å². The van der Waals surface area contributed by atoms with Crippen LogP contribution in [-0.4, -0.2) is 64.8 Å². The molecule has 0 aromatic rings. The molecule has 9 heteroatoms. The SMILES string of the molecule is CO[C@H]1O[C@H](CO)[C@@H](O)[C@H](O[N+](=O)[O-])[C@H]1O. The Kier molecular flexibility index (Phi) is 4.38. The summed E-state index contributed by atoms with van der Waals surface area (Å²) in [6.45, 7) is -0.578. The number of ether oxygens (including phenoxy) is 2. The van der Waals surface area contributed by atoms with Crippen molar-refractivity contribution in [2.24, 2.45) is 0 Å². The maximum Gasteiger partial charge on any atom is 0.294 e. The molecule has 0 amide bonds. The highest BCUT2D eigenvalue weighted by Crippen LogP contribution is 2.23. The molecule has 0 aromatic heterocycles. The van der Waals surface area contributed by atoms with Crippen LogP contribution in [0.1, 0.15) is 0 Å². The number of rotatable bonds is 4. The van der Waals surface area contributed by atoms with Gasteiger partial charge in [0.15, 0.2) is 12.4 Å². The van der Waals surface area contributed by atoms with Gasteiger partial charge in [0.2, 0.25) is 0 Å². The summed E-state index contributed by atoms with van der Waals surface area (Å²) in [5, 5.41) is 37.0.